The molecular formula is C22H26N2O2. The predicted molar refractivity (Wildman–Crippen MR) is 102 cm³/mol. The Morgan fingerprint density at radius 1 is 0.923 bits per heavy atom. The van der Waals surface area contributed by atoms with Gasteiger partial charge in [-0.3, -0.25) is 9.63 Å². The number of hydrogen-bond acceptors (Lipinski definition) is 3. The van der Waals surface area contributed by atoms with E-state index in [0.29, 0.717) is 6.61 Å². The van der Waals surface area contributed by atoms with Gasteiger partial charge in [-0.15, -0.1) is 0 Å². The van der Waals surface area contributed by atoms with E-state index in [1.165, 1.54) is 5.56 Å². The van der Waals surface area contributed by atoms with Crippen molar-refractivity contribution in [3.63, 3.8) is 0 Å². The van der Waals surface area contributed by atoms with E-state index in [-0.39, 0.29) is 11.3 Å². The van der Waals surface area contributed by atoms with Gasteiger partial charge in [0.1, 0.15) is 12.3 Å². The molecule has 1 amide bonds. The van der Waals surface area contributed by atoms with Crippen LogP contribution < -0.4 is 4.90 Å². The molecule has 4 nitrogen and oxygen atoms in total. The second-order valence-corrected chi connectivity index (χ2v) is 8.21. The standard InChI is InChI=1S/C22H26N2O2/c1-20(2)19(25)24(26-15-16-11-7-6-8-12-16)22(4)21(20,3)17-13-9-10-14-18(17)23(22)5/h6-14H,15H2,1-5H3/t21-,22+/m1/s1. The van der Waals surface area contributed by atoms with Gasteiger partial charge in [-0.25, -0.2) is 0 Å². The molecule has 2 heterocycles. The lowest BCUT2D eigenvalue weighted by Gasteiger charge is -2.46. The molecule has 0 unspecified atom stereocenters. The molecular weight excluding hydrogens is 324 g/mol. The molecule has 0 radical (unpaired) electrons. The highest BCUT2D eigenvalue weighted by Crippen LogP contribution is 2.65. The van der Waals surface area contributed by atoms with Crippen molar-refractivity contribution in [2.45, 2.75) is 45.4 Å². The summed E-state index contributed by atoms with van der Waals surface area (Å²) in [5.41, 5.74) is 1.85. The van der Waals surface area contributed by atoms with Gasteiger partial charge < -0.3 is 4.90 Å². The molecule has 136 valence electrons. The minimum Gasteiger partial charge on any atom is -0.349 e. The fraction of sp³-hybridized carbons (Fsp3) is 0.409. The van der Waals surface area contributed by atoms with Crippen molar-refractivity contribution in [1.29, 1.82) is 0 Å². The Balaban J connectivity index is 1.80. The highest BCUT2D eigenvalue weighted by Gasteiger charge is 2.74. The average Bonchev–Trinajstić information content (AvgIpc) is 2.90. The molecule has 2 atom stereocenters. The van der Waals surface area contributed by atoms with Crippen molar-refractivity contribution in [1.82, 2.24) is 5.06 Å². The van der Waals surface area contributed by atoms with Crippen molar-refractivity contribution in [3.8, 4) is 0 Å². The Labute approximate surface area is 155 Å². The third kappa shape index (κ3) is 1.80. The molecule has 2 aliphatic rings. The van der Waals surface area contributed by atoms with Gasteiger partial charge in [-0.1, -0.05) is 55.5 Å². The van der Waals surface area contributed by atoms with Gasteiger partial charge in [0, 0.05) is 12.7 Å². The van der Waals surface area contributed by atoms with Gasteiger partial charge >= 0.3 is 0 Å². The molecule has 0 bridgehead atoms. The molecule has 0 aliphatic carbocycles. The number of likely N-dealkylation sites (N-methyl/N-ethyl adjacent to an activating group) is 1. The molecule has 1 saturated heterocycles. The summed E-state index contributed by atoms with van der Waals surface area (Å²) >= 11 is 0. The second-order valence-electron chi connectivity index (χ2n) is 8.21. The number of nitrogens with zero attached hydrogens (tertiary/aromatic N) is 2. The zero-order chi connectivity index (χ0) is 18.7. The summed E-state index contributed by atoms with van der Waals surface area (Å²) in [6.45, 7) is 8.76. The number of hydroxylamine groups is 2. The van der Waals surface area contributed by atoms with Crippen molar-refractivity contribution in [3.05, 3.63) is 65.7 Å². The summed E-state index contributed by atoms with van der Waals surface area (Å²) in [6.07, 6.45) is 0. The van der Waals surface area contributed by atoms with Crippen LogP contribution in [0.3, 0.4) is 0 Å². The molecule has 0 spiro atoms. The maximum Gasteiger partial charge on any atom is 0.255 e. The second kappa shape index (κ2) is 5.34. The molecule has 2 aliphatic heterocycles. The fourth-order valence-corrected chi connectivity index (χ4v) is 4.85. The third-order valence-corrected chi connectivity index (χ3v) is 6.97. The molecule has 4 heteroatoms. The summed E-state index contributed by atoms with van der Waals surface area (Å²) < 4.78 is 0. The van der Waals surface area contributed by atoms with Crippen LogP contribution in [0.2, 0.25) is 0 Å². The van der Waals surface area contributed by atoms with E-state index in [2.05, 4.69) is 44.0 Å². The summed E-state index contributed by atoms with van der Waals surface area (Å²) in [5, 5.41) is 1.62. The van der Waals surface area contributed by atoms with E-state index in [9.17, 15) is 4.79 Å². The zero-order valence-electron chi connectivity index (χ0n) is 16.1. The first-order chi connectivity index (χ1) is 12.3. The highest BCUT2D eigenvalue weighted by molar-refractivity contribution is 5.91. The van der Waals surface area contributed by atoms with Gasteiger partial charge in [0.15, 0.2) is 0 Å². The summed E-state index contributed by atoms with van der Waals surface area (Å²) in [7, 11) is 2.05. The molecule has 26 heavy (non-hydrogen) atoms. The summed E-state index contributed by atoms with van der Waals surface area (Å²) in [5.74, 6) is 0.0276. The van der Waals surface area contributed by atoms with Gasteiger partial charge in [0.05, 0.1) is 10.8 Å². The molecule has 1 fully saturated rings. The topological polar surface area (TPSA) is 32.8 Å². The van der Waals surface area contributed by atoms with Gasteiger partial charge in [0.2, 0.25) is 0 Å². The van der Waals surface area contributed by atoms with E-state index in [4.69, 9.17) is 4.84 Å². The Morgan fingerprint density at radius 3 is 2.23 bits per heavy atom. The number of anilines is 1. The van der Waals surface area contributed by atoms with E-state index in [0.717, 1.165) is 11.3 Å². The van der Waals surface area contributed by atoms with E-state index in [1.54, 1.807) is 5.06 Å². The Kier molecular flexibility index (Phi) is 3.51. The number of benzene rings is 2. The van der Waals surface area contributed by atoms with Crippen molar-refractivity contribution in [2.24, 2.45) is 5.41 Å². The van der Waals surface area contributed by atoms with Gasteiger partial charge in [-0.2, -0.15) is 5.06 Å². The van der Waals surface area contributed by atoms with Crippen molar-refractivity contribution in [2.75, 3.05) is 11.9 Å². The van der Waals surface area contributed by atoms with E-state index < -0.39 is 11.1 Å². The van der Waals surface area contributed by atoms with Crippen LogP contribution in [0.1, 0.15) is 38.8 Å². The number of carbonyl (C=O) groups excluding carboxylic acids is 1. The predicted octanol–water partition coefficient (Wildman–Crippen LogP) is 4.11. The Bertz CT molecular complexity index is 863. The molecule has 4 rings (SSSR count). The number of fused-ring (bicyclic) bond motifs is 3. The maximum atomic E-state index is 13.4. The lowest BCUT2D eigenvalue weighted by molar-refractivity contribution is -0.217. The minimum atomic E-state index is -0.591. The number of para-hydroxylation sites is 1. The minimum absolute atomic E-state index is 0.0276. The van der Waals surface area contributed by atoms with Crippen LogP contribution in [-0.2, 0) is 21.7 Å². The monoisotopic (exact) mass is 350 g/mol. The SMILES string of the molecule is CN1c2ccccc2[C@]2(C)C(C)(C)C(=O)N(OCc3ccccc3)[C@]12C. The van der Waals surface area contributed by atoms with Crippen LogP contribution >= 0.6 is 0 Å². The fourth-order valence-electron chi connectivity index (χ4n) is 4.85. The van der Waals surface area contributed by atoms with Crippen LogP contribution in [0, 0.1) is 5.41 Å². The van der Waals surface area contributed by atoms with Gasteiger partial charge in [0.25, 0.3) is 5.91 Å². The smallest absolute Gasteiger partial charge is 0.255 e. The number of amides is 1. The number of hydrogen-bond donors (Lipinski definition) is 0. The number of carbonyl (C=O) groups is 1. The van der Waals surface area contributed by atoms with Crippen LogP contribution in [0.25, 0.3) is 0 Å². The average molecular weight is 350 g/mol. The first-order valence-electron chi connectivity index (χ1n) is 9.11. The Hall–Kier alpha value is -2.33. The normalized spacial score (nSPS) is 29.0. The van der Waals surface area contributed by atoms with Crippen molar-refractivity contribution >= 4 is 11.6 Å². The van der Waals surface area contributed by atoms with E-state index in [1.807, 2.05) is 50.2 Å². The lowest BCUT2D eigenvalue weighted by Crippen LogP contribution is -2.60. The molecule has 2 aromatic rings. The van der Waals surface area contributed by atoms with Crippen LogP contribution in [0.4, 0.5) is 5.69 Å². The summed E-state index contributed by atoms with van der Waals surface area (Å²) in [6, 6.07) is 18.3. The molecule has 0 N–H and O–H groups in total. The van der Waals surface area contributed by atoms with Crippen LogP contribution in [0.5, 0.6) is 0 Å². The molecule has 0 aromatic heterocycles. The zero-order valence-corrected chi connectivity index (χ0v) is 16.1. The molecule has 0 saturated carbocycles. The van der Waals surface area contributed by atoms with Gasteiger partial charge in [-0.05, 0) is 38.0 Å². The Morgan fingerprint density at radius 2 is 1.54 bits per heavy atom. The molecule has 2 aromatic carbocycles. The number of rotatable bonds is 3. The van der Waals surface area contributed by atoms with Crippen LogP contribution in [-0.4, -0.2) is 23.7 Å². The first kappa shape index (κ1) is 17.1. The first-order valence-corrected chi connectivity index (χ1v) is 9.11. The van der Waals surface area contributed by atoms with E-state index >= 15 is 0 Å². The summed E-state index contributed by atoms with van der Waals surface area (Å²) in [4.78, 5) is 21.8. The van der Waals surface area contributed by atoms with Crippen molar-refractivity contribution < 1.29 is 9.63 Å². The third-order valence-electron chi connectivity index (χ3n) is 6.97. The maximum absolute atomic E-state index is 13.4. The highest BCUT2D eigenvalue weighted by atomic mass is 16.7. The van der Waals surface area contributed by atoms with Crippen LogP contribution in [0.15, 0.2) is 54.6 Å². The largest absolute Gasteiger partial charge is 0.349 e. The lowest BCUT2D eigenvalue weighted by atomic mass is 9.61. The quantitative estimate of drug-likeness (QED) is 0.835.